The number of fused-ring (bicyclic) bond motifs is 2. The molecule has 0 bridgehead atoms. The number of aromatic nitrogens is 4. The highest BCUT2D eigenvalue weighted by molar-refractivity contribution is 7.99. The SMILES string of the molecule is c1ccn2c(Sc3ccc4ncc(N5CCOCC5)cc4c3)nnc2c1. The molecule has 3 aromatic heterocycles. The molecule has 7 heteroatoms. The van der Waals surface area contributed by atoms with Crippen LogP contribution in [0.2, 0.25) is 0 Å². The van der Waals surface area contributed by atoms with Crippen molar-refractivity contribution in [1.29, 1.82) is 0 Å². The van der Waals surface area contributed by atoms with Gasteiger partial charge in [0.15, 0.2) is 10.8 Å². The van der Waals surface area contributed by atoms with E-state index < -0.39 is 0 Å². The Bertz CT molecular complexity index is 1070. The van der Waals surface area contributed by atoms with E-state index in [9.17, 15) is 0 Å². The van der Waals surface area contributed by atoms with Crippen LogP contribution in [0.5, 0.6) is 0 Å². The Labute approximate surface area is 154 Å². The van der Waals surface area contributed by atoms with Crippen LogP contribution in [-0.2, 0) is 4.74 Å². The van der Waals surface area contributed by atoms with E-state index in [1.807, 2.05) is 35.0 Å². The van der Waals surface area contributed by atoms with E-state index in [1.165, 1.54) is 0 Å². The predicted octanol–water partition coefficient (Wildman–Crippen LogP) is 3.27. The van der Waals surface area contributed by atoms with E-state index in [2.05, 4.69) is 44.3 Å². The number of anilines is 1. The quantitative estimate of drug-likeness (QED) is 0.557. The fraction of sp³-hybridized carbons (Fsp3) is 0.211. The van der Waals surface area contributed by atoms with Crippen molar-refractivity contribution in [2.24, 2.45) is 0 Å². The number of benzene rings is 1. The number of hydrogen-bond donors (Lipinski definition) is 0. The minimum atomic E-state index is 0.772. The summed E-state index contributed by atoms with van der Waals surface area (Å²) in [6, 6.07) is 14.4. The monoisotopic (exact) mass is 363 g/mol. The first-order chi connectivity index (χ1) is 12.9. The first kappa shape index (κ1) is 15.6. The molecule has 0 unspecified atom stereocenters. The smallest absolute Gasteiger partial charge is 0.200 e. The molecule has 0 aliphatic carbocycles. The zero-order chi connectivity index (χ0) is 17.3. The minimum Gasteiger partial charge on any atom is -0.378 e. The van der Waals surface area contributed by atoms with Gasteiger partial charge in [-0.3, -0.25) is 9.38 Å². The second kappa shape index (κ2) is 6.59. The van der Waals surface area contributed by atoms with Gasteiger partial charge in [-0.2, -0.15) is 0 Å². The standard InChI is InChI=1S/C19H17N5OS/c1-2-6-24-18(3-1)21-22-19(24)26-16-4-5-17-14(12-16)11-15(13-20-17)23-7-9-25-10-8-23/h1-6,11-13H,7-10H2. The van der Waals surface area contributed by atoms with Crippen molar-refractivity contribution in [3.05, 3.63) is 54.9 Å². The maximum absolute atomic E-state index is 5.44. The second-order valence-electron chi connectivity index (χ2n) is 6.16. The zero-order valence-electron chi connectivity index (χ0n) is 14.1. The van der Waals surface area contributed by atoms with Gasteiger partial charge >= 0.3 is 0 Å². The maximum Gasteiger partial charge on any atom is 0.200 e. The lowest BCUT2D eigenvalue weighted by molar-refractivity contribution is 0.122. The van der Waals surface area contributed by atoms with E-state index in [0.717, 1.165) is 58.6 Å². The molecule has 0 radical (unpaired) electrons. The highest BCUT2D eigenvalue weighted by Crippen LogP contribution is 2.30. The van der Waals surface area contributed by atoms with Crippen molar-refractivity contribution in [3.63, 3.8) is 0 Å². The van der Waals surface area contributed by atoms with Crippen LogP contribution in [0.15, 0.2) is 64.9 Å². The van der Waals surface area contributed by atoms with Crippen molar-refractivity contribution in [2.75, 3.05) is 31.2 Å². The molecular formula is C19H17N5OS. The van der Waals surface area contributed by atoms with E-state index in [4.69, 9.17) is 4.74 Å². The van der Waals surface area contributed by atoms with Gasteiger partial charge in [0.25, 0.3) is 0 Å². The van der Waals surface area contributed by atoms with Gasteiger partial charge in [0.1, 0.15) is 0 Å². The van der Waals surface area contributed by atoms with Gasteiger partial charge in [0.2, 0.25) is 0 Å². The van der Waals surface area contributed by atoms with Crippen molar-refractivity contribution in [1.82, 2.24) is 19.6 Å². The largest absolute Gasteiger partial charge is 0.378 e. The summed E-state index contributed by atoms with van der Waals surface area (Å²) in [4.78, 5) is 8.06. The molecular weight excluding hydrogens is 346 g/mol. The first-order valence-electron chi connectivity index (χ1n) is 8.57. The van der Waals surface area contributed by atoms with E-state index in [1.54, 1.807) is 11.8 Å². The summed E-state index contributed by atoms with van der Waals surface area (Å²) in [5.41, 5.74) is 3.00. The van der Waals surface area contributed by atoms with Gasteiger partial charge in [0, 0.05) is 29.6 Å². The van der Waals surface area contributed by atoms with E-state index in [0.29, 0.717) is 0 Å². The second-order valence-corrected chi connectivity index (χ2v) is 7.20. The molecule has 26 heavy (non-hydrogen) atoms. The summed E-state index contributed by atoms with van der Waals surface area (Å²) in [5.74, 6) is 0. The topological polar surface area (TPSA) is 55.5 Å². The molecule has 1 aromatic carbocycles. The van der Waals surface area contributed by atoms with Crippen LogP contribution in [0.3, 0.4) is 0 Å². The minimum absolute atomic E-state index is 0.772. The van der Waals surface area contributed by atoms with Crippen LogP contribution in [0.1, 0.15) is 0 Å². The summed E-state index contributed by atoms with van der Waals surface area (Å²) in [6.45, 7) is 3.36. The Kier molecular flexibility index (Phi) is 3.95. The summed E-state index contributed by atoms with van der Waals surface area (Å²) >= 11 is 1.61. The van der Waals surface area contributed by atoms with E-state index in [-0.39, 0.29) is 0 Å². The molecule has 0 N–H and O–H groups in total. The van der Waals surface area contributed by atoms with Crippen LogP contribution in [0, 0.1) is 0 Å². The Hall–Kier alpha value is -2.64. The molecule has 6 nitrogen and oxygen atoms in total. The fourth-order valence-electron chi connectivity index (χ4n) is 3.15. The summed E-state index contributed by atoms with van der Waals surface area (Å²) in [5, 5.41) is 10.5. The normalized spacial score (nSPS) is 15.0. The lowest BCUT2D eigenvalue weighted by Gasteiger charge is -2.28. The summed E-state index contributed by atoms with van der Waals surface area (Å²) in [6.07, 6.45) is 3.93. The van der Waals surface area contributed by atoms with Crippen LogP contribution in [-0.4, -0.2) is 45.9 Å². The fourth-order valence-corrected chi connectivity index (χ4v) is 4.02. The third kappa shape index (κ3) is 2.89. The lowest BCUT2D eigenvalue weighted by atomic mass is 10.2. The van der Waals surface area contributed by atoms with Crippen molar-refractivity contribution < 1.29 is 4.74 Å². The van der Waals surface area contributed by atoms with Gasteiger partial charge < -0.3 is 9.64 Å². The van der Waals surface area contributed by atoms with Crippen LogP contribution in [0.4, 0.5) is 5.69 Å². The molecule has 5 rings (SSSR count). The predicted molar refractivity (Wildman–Crippen MR) is 102 cm³/mol. The van der Waals surface area contributed by atoms with Gasteiger partial charge in [0.05, 0.1) is 30.6 Å². The zero-order valence-corrected chi connectivity index (χ0v) is 14.9. The van der Waals surface area contributed by atoms with Crippen LogP contribution < -0.4 is 4.90 Å². The van der Waals surface area contributed by atoms with Crippen molar-refractivity contribution >= 4 is 34.0 Å². The molecule has 4 aromatic rings. The molecule has 0 amide bonds. The Balaban J connectivity index is 1.48. The van der Waals surface area contributed by atoms with Gasteiger partial charge in [-0.15, -0.1) is 10.2 Å². The van der Waals surface area contributed by atoms with Gasteiger partial charge in [-0.25, -0.2) is 0 Å². The van der Waals surface area contributed by atoms with Crippen LogP contribution in [0.25, 0.3) is 16.6 Å². The van der Waals surface area contributed by atoms with Gasteiger partial charge in [-0.1, -0.05) is 6.07 Å². The van der Waals surface area contributed by atoms with Crippen LogP contribution >= 0.6 is 11.8 Å². The summed E-state index contributed by atoms with van der Waals surface area (Å²) < 4.78 is 7.44. The first-order valence-corrected chi connectivity index (χ1v) is 9.39. The van der Waals surface area contributed by atoms with E-state index >= 15 is 0 Å². The number of pyridine rings is 2. The third-order valence-electron chi connectivity index (χ3n) is 4.51. The Morgan fingerprint density at radius 1 is 1.00 bits per heavy atom. The molecule has 130 valence electrons. The summed E-state index contributed by atoms with van der Waals surface area (Å²) in [7, 11) is 0. The Morgan fingerprint density at radius 3 is 2.85 bits per heavy atom. The molecule has 4 heterocycles. The number of morpholine rings is 1. The number of rotatable bonds is 3. The Morgan fingerprint density at radius 2 is 1.92 bits per heavy atom. The molecule has 0 saturated carbocycles. The number of nitrogens with zero attached hydrogens (tertiary/aromatic N) is 5. The highest BCUT2D eigenvalue weighted by Gasteiger charge is 2.13. The number of hydrogen-bond acceptors (Lipinski definition) is 6. The molecule has 1 fully saturated rings. The molecule has 1 saturated heterocycles. The molecule has 0 atom stereocenters. The number of ether oxygens (including phenoxy) is 1. The van der Waals surface area contributed by atoms with Gasteiger partial charge in [-0.05, 0) is 48.2 Å². The maximum atomic E-state index is 5.44. The average molecular weight is 363 g/mol. The average Bonchev–Trinajstić information content (AvgIpc) is 3.11. The highest BCUT2D eigenvalue weighted by atomic mass is 32.2. The molecule has 1 aliphatic heterocycles. The molecule has 0 spiro atoms. The lowest BCUT2D eigenvalue weighted by Crippen LogP contribution is -2.36. The van der Waals surface area contributed by atoms with Crippen molar-refractivity contribution in [2.45, 2.75) is 10.1 Å². The third-order valence-corrected chi connectivity index (χ3v) is 5.46. The molecule has 1 aliphatic rings. The van der Waals surface area contributed by atoms with Crippen molar-refractivity contribution in [3.8, 4) is 0 Å².